The lowest BCUT2D eigenvalue weighted by atomic mass is 9.73. The summed E-state index contributed by atoms with van der Waals surface area (Å²) in [5, 5.41) is 0. The number of aryl methyl sites for hydroxylation is 1. The molecule has 21 heavy (non-hydrogen) atoms. The number of nitrogens with zero attached hydrogens (tertiary/aromatic N) is 2. The maximum absolute atomic E-state index is 12.9. The predicted octanol–water partition coefficient (Wildman–Crippen LogP) is 2.43. The zero-order valence-corrected chi connectivity index (χ0v) is 12.9. The third-order valence-corrected chi connectivity index (χ3v) is 5.23. The summed E-state index contributed by atoms with van der Waals surface area (Å²) < 4.78 is 1.49. The Morgan fingerprint density at radius 1 is 1.19 bits per heavy atom. The molecule has 4 heteroatoms. The fourth-order valence-corrected chi connectivity index (χ4v) is 4.18. The predicted molar refractivity (Wildman–Crippen MR) is 82.2 cm³/mol. The van der Waals surface area contributed by atoms with Crippen LogP contribution in [0.15, 0.2) is 23.1 Å². The quantitative estimate of drug-likeness (QED) is 0.796. The van der Waals surface area contributed by atoms with E-state index in [0.29, 0.717) is 23.4 Å². The van der Waals surface area contributed by atoms with Crippen molar-refractivity contribution in [1.82, 2.24) is 9.47 Å². The Morgan fingerprint density at radius 2 is 1.95 bits per heavy atom. The highest BCUT2D eigenvalue weighted by molar-refractivity contribution is 5.94. The SMILES string of the molecule is C[C@@H]1CCC[C@H]2CCCN(C(=O)c3ccc(=O)n(C)c3)[C@@H]21. The van der Waals surface area contributed by atoms with E-state index < -0.39 is 0 Å². The van der Waals surface area contributed by atoms with Crippen LogP contribution in [-0.2, 0) is 7.05 Å². The standard InChI is InChI=1S/C17H24N2O2/c1-12-5-3-6-13-7-4-10-19(16(12)13)17(21)14-8-9-15(20)18(2)11-14/h8-9,11-13,16H,3-7,10H2,1-2H3/t12-,13+,16-/m1/s1. The molecule has 1 aromatic rings. The number of amides is 1. The van der Waals surface area contributed by atoms with Crippen LogP contribution in [0.3, 0.4) is 0 Å². The summed E-state index contributed by atoms with van der Waals surface area (Å²) in [6, 6.07) is 3.54. The number of rotatable bonds is 1. The summed E-state index contributed by atoms with van der Waals surface area (Å²) in [4.78, 5) is 26.4. The minimum absolute atomic E-state index is 0.0749. The number of likely N-dealkylation sites (tertiary alicyclic amines) is 1. The summed E-state index contributed by atoms with van der Waals surface area (Å²) in [5.41, 5.74) is 0.560. The molecule has 0 aromatic carbocycles. The molecule has 0 radical (unpaired) electrons. The van der Waals surface area contributed by atoms with Crippen LogP contribution in [0.1, 0.15) is 49.4 Å². The average Bonchev–Trinajstić information content (AvgIpc) is 2.49. The molecule has 3 atom stereocenters. The number of carbonyl (C=O) groups is 1. The van der Waals surface area contributed by atoms with E-state index in [9.17, 15) is 9.59 Å². The monoisotopic (exact) mass is 288 g/mol. The van der Waals surface area contributed by atoms with Crippen LogP contribution in [0.2, 0.25) is 0 Å². The maximum atomic E-state index is 12.9. The van der Waals surface area contributed by atoms with Crippen molar-refractivity contribution in [3.05, 3.63) is 34.2 Å². The molecule has 2 heterocycles. The Labute approximate surface area is 125 Å². The van der Waals surface area contributed by atoms with Crippen LogP contribution in [0, 0.1) is 11.8 Å². The molecule has 1 aliphatic carbocycles. The minimum Gasteiger partial charge on any atom is -0.335 e. The van der Waals surface area contributed by atoms with Crippen LogP contribution in [0.5, 0.6) is 0 Å². The molecule has 0 spiro atoms. The molecular formula is C17H24N2O2. The van der Waals surface area contributed by atoms with Crippen molar-refractivity contribution >= 4 is 5.91 Å². The van der Waals surface area contributed by atoms with Gasteiger partial charge in [0.05, 0.1) is 5.56 Å². The van der Waals surface area contributed by atoms with E-state index >= 15 is 0 Å². The summed E-state index contributed by atoms with van der Waals surface area (Å²) in [7, 11) is 1.70. The summed E-state index contributed by atoms with van der Waals surface area (Å²) in [6.07, 6.45) is 7.80. The second-order valence-corrected chi connectivity index (χ2v) is 6.67. The Hall–Kier alpha value is -1.58. The van der Waals surface area contributed by atoms with Gasteiger partial charge in [0.1, 0.15) is 0 Å². The second-order valence-electron chi connectivity index (χ2n) is 6.67. The van der Waals surface area contributed by atoms with Gasteiger partial charge in [0.25, 0.3) is 5.91 Å². The van der Waals surface area contributed by atoms with Gasteiger partial charge in [-0.05, 0) is 43.6 Å². The van der Waals surface area contributed by atoms with Crippen LogP contribution in [-0.4, -0.2) is 28.0 Å². The van der Waals surface area contributed by atoms with E-state index in [1.54, 1.807) is 19.3 Å². The molecule has 0 N–H and O–H groups in total. The Bertz CT molecular complexity index is 591. The first-order chi connectivity index (χ1) is 10.1. The highest BCUT2D eigenvalue weighted by atomic mass is 16.2. The van der Waals surface area contributed by atoms with E-state index in [1.807, 2.05) is 0 Å². The lowest BCUT2D eigenvalue weighted by molar-refractivity contribution is 0.0210. The summed E-state index contributed by atoms with van der Waals surface area (Å²) in [5.74, 6) is 1.34. The van der Waals surface area contributed by atoms with E-state index in [2.05, 4.69) is 11.8 Å². The molecule has 2 aliphatic rings. The van der Waals surface area contributed by atoms with Gasteiger partial charge >= 0.3 is 0 Å². The van der Waals surface area contributed by atoms with Crippen LogP contribution in [0.25, 0.3) is 0 Å². The van der Waals surface area contributed by atoms with Crippen LogP contribution >= 0.6 is 0 Å². The number of pyridine rings is 1. The van der Waals surface area contributed by atoms with Crippen LogP contribution < -0.4 is 5.56 Å². The first-order valence-electron chi connectivity index (χ1n) is 8.05. The normalized spacial score (nSPS) is 29.0. The van der Waals surface area contributed by atoms with Crippen LogP contribution in [0.4, 0.5) is 0 Å². The van der Waals surface area contributed by atoms with Crippen molar-refractivity contribution < 1.29 is 4.79 Å². The Balaban J connectivity index is 1.88. The molecule has 0 bridgehead atoms. The molecule has 1 amide bonds. The Kier molecular flexibility index (Phi) is 3.87. The number of aromatic nitrogens is 1. The van der Waals surface area contributed by atoms with Gasteiger partial charge in [-0.3, -0.25) is 9.59 Å². The lowest BCUT2D eigenvalue weighted by Gasteiger charge is -2.47. The average molecular weight is 288 g/mol. The molecule has 2 fully saturated rings. The van der Waals surface area contributed by atoms with E-state index in [-0.39, 0.29) is 11.5 Å². The topological polar surface area (TPSA) is 42.3 Å². The number of hydrogen-bond acceptors (Lipinski definition) is 2. The van der Waals surface area contributed by atoms with E-state index in [4.69, 9.17) is 0 Å². The van der Waals surface area contributed by atoms with Gasteiger partial charge in [0, 0.05) is 31.9 Å². The summed E-state index contributed by atoms with van der Waals surface area (Å²) in [6.45, 7) is 3.14. The number of fused-ring (bicyclic) bond motifs is 1. The van der Waals surface area contributed by atoms with Gasteiger partial charge in [0.15, 0.2) is 0 Å². The molecule has 1 aliphatic heterocycles. The number of carbonyl (C=O) groups excluding carboxylic acids is 1. The van der Waals surface area contributed by atoms with Crippen molar-refractivity contribution in [2.75, 3.05) is 6.54 Å². The zero-order valence-electron chi connectivity index (χ0n) is 12.9. The molecule has 1 aromatic heterocycles. The van der Waals surface area contributed by atoms with Gasteiger partial charge in [-0.25, -0.2) is 0 Å². The number of hydrogen-bond donors (Lipinski definition) is 0. The number of piperidine rings is 1. The third-order valence-electron chi connectivity index (χ3n) is 5.23. The van der Waals surface area contributed by atoms with Crippen molar-refractivity contribution in [2.45, 2.75) is 45.1 Å². The highest BCUT2D eigenvalue weighted by Gasteiger charge is 2.39. The molecule has 0 unspecified atom stereocenters. The van der Waals surface area contributed by atoms with Gasteiger partial charge in [-0.2, -0.15) is 0 Å². The van der Waals surface area contributed by atoms with Gasteiger partial charge < -0.3 is 9.47 Å². The third kappa shape index (κ3) is 2.63. The highest BCUT2D eigenvalue weighted by Crippen LogP contribution is 2.39. The van der Waals surface area contributed by atoms with Gasteiger partial charge in [0.2, 0.25) is 5.56 Å². The zero-order chi connectivity index (χ0) is 15.0. The molecule has 1 saturated carbocycles. The van der Waals surface area contributed by atoms with Gasteiger partial charge in [-0.1, -0.05) is 13.3 Å². The van der Waals surface area contributed by atoms with Crippen molar-refractivity contribution in [2.24, 2.45) is 18.9 Å². The fourth-order valence-electron chi connectivity index (χ4n) is 4.18. The minimum atomic E-state index is -0.0749. The first-order valence-corrected chi connectivity index (χ1v) is 8.05. The first kappa shape index (κ1) is 14.4. The largest absolute Gasteiger partial charge is 0.335 e. The second kappa shape index (κ2) is 5.66. The van der Waals surface area contributed by atoms with Crippen molar-refractivity contribution in [3.8, 4) is 0 Å². The van der Waals surface area contributed by atoms with Crippen molar-refractivity contribution in [3.63, 3.8) is 0 Å². The molecule has 3 rings (SSSR count). The smallest absolute Gasteiger partial charge is 0.255 e. The maximum Gasteiger partial charge on any atom is 0.255 e. The van der Waals surface area contributed by atoms with E-state index in [1.165, 1.54) is 36.3 Å². The fraction of sp³-hybridized carbons (Fsp3) is 0.647. The molecule has 4 nitrogen and oxygen atoms in total. The van der Waals surface area contributed by atoms with Gasteiger partial charge in [-0.15, -0.1) is 0 Å². The molecule has 114 valence electrons. The molecular weight excluding hydrogens is 264 g/mol. The summed E-state index contributed by atoms with van der Waals surface area (Å²) >= 11 is 0. The molecule has 1 saturated heterocycles. The van der Waals surface area contributed by atoms with Crippen molar-refractivity contribution in [1.29, 1.82) is 0 Å². The lowest BCUT2D eigenvalue weighted by Crippen LogP contribution is -2.53. The van der Waals surface area contributed by atoms with E-state index in [0.717, 1.165) is 13.0 Å². The Morgan fingerprint density at radius 3 is 2.71 bits per heavy atom.